The number of nitrogens with zero attached hydrogens (tertiary/aromatic N) is 1. The fourth-order valence-electron chi connectivity index (χ4n) is 2.91. The molecule has 92 valence electrons. The van der Waals surface area contributed by atoms with Gasteiger partial charge in [-0.05, 0) is 31.7 Å². The normalized spacial score (nSPS) is 30.3. The number of ketones is 1. The Kier molecular flexibility index (Phi) is 4.83. The lowest BCUT2D eigenvalue weighted by atomic mass is 9.89. The summed E-state index contributed by atoms with van der Waals surface area (Å²) in [6.07, 6.45) is 8.80. The predicted molar refractivity (Wildman–Crippen MR) is 70.0 cm³/mol. The van der Waals surface area contributed by atoms with E-state index in [0.29, 0.717) is 5.78 Å². The lowest BCUT2D eigenvalue weighted by Crippen LogP contribution is -2.31. The zero-order valence-corrected chi connectivity index (χ0v) is 11.5. The van der Waals surface area contributed by atoms with E-state index >= 15 is 0 Å². The Hall–Kier alpha value is 0.110. The summed E-state index contributed by atoms with van der Waals surface area (Å²) in [5.74, 6) is 1.29. The Morgan fingerprint density at radius 2 is 1.88 bits per heavy atom. The maximum absolute atomic E-state index is 11.6. The van der Waals surface area contributed by atoms with Crippen molar-refractivity contribution in [3.63, 3.8) is 0 Å². The van der Waals surface area contributed by atoms with Gasteiger partial charge < -0.3 is 4.90 Å². The van der Waals surface area contributed by atoms with E-state index in [-0.39, 0.29) is 4.83 Å². The first kappa shape index (κ1) is 12.6. The molecule has 1 saturated heterocycles. The Morgan fingerprint density at radius 1 is 1.12 bits per heavy atom. The molecule has 0 amide bonds. The molecular formula is C13H22BrNO. The van der Waals surface area contributed by atoms with Gasteiger partial charge in [-0.1, -0.05) is 35.2 Å². The summed E-state index contributed by atoms with van der Waals surface area (Å²) in [4.78, 5) is 14.2. The van der Waals surface area contributed by atoms with Crippen LogP contribution in [0.1, 0.15) is 44.9 Å². The second-order valence-corrected chi connectivity index (χ2v) is 6.38. The molecule has 0 aromatic carbocycles. The van der Waals surface area contributed by atoms with Crippen LogP contribution in [0.15, 0.2) is 0 Å². The summed E-state index contributed by atoms with van der Waals surface area (Å²) < 4.78 is 0. The highest BCUT2D eigenvalue weighted by atomic mass is 79.9. The quantitative estimate of drug-likeness (QED) is 0.728. The first-order valence-electron chi connectivity index (χ1n) is 6.65. The van der Waals surface area contributed by atoms with Gasteiger partial charge >= 0.3 is 0 Å². The SMILES string of the molecule is O=C1CCN(CC2CCCCC2)CCC1Br. The highest BCUT2D eigenvalue weighted by Crippen LogP contribution is 2.25. The molecule has 0 N–H and O–H groups in total. The molecule has 2 rings (SSSR count). The van der Waals surface area contributed by atoms with Gasteiger partial charge in [0.15, 0.2) is 0 Å². The van der Waals surface area contributed by atoms with Crippen molar-refractivity contribution in [3.05, 3.63) is 0 Å². The number of likely N-dealkylation sites (tertiary alicyclic amines) is 1. The van der Waals surface area contributed by atoms with Crippen LogP contribution in [0, 0.1) is 5.92 Å². The zero-order valence-electron chi connectivity index (χ0n) is 9.96. The van der Waals surface area contributed by atoms with E-state index < -0.39 is 0 Å². The molecule has 0 spiro atoms. The second-order valence-electron chi connectivity index (χ2n) is 5.28. The van der Waals surface area contributed by atoms with Gasteiger partial charge in [0.25, 0.3) is 0 Å². The average molecular weight is 288 g/mol. The number of Topliss-reactive ketones (excluding diaryl/α,β-unsaturated/α-hetero) is 1. The van der Waals surface area contributed by atoms with Crippen LogP contribution in [0.4, 0.5) is 0 Å². The number of hydrogen-bond acceptors (Lipinski definition) is 2. The van der Waals surface area contributed by atoms with Crippen LogP contribution in [-0.2, 0) is 4.79 Å². The minimum absolute atomic E-state index is 0.115. The van der Waals surface area contributed by atoms with Crippen molar-refractivity contribution in [3.8, 4) is 0 Å². The van der Waals surface area contributed by atoms with Gasteiger partial charge in [-0.15, -0.1) is 0 Å². The van der Waals surface area contributed by atoms with E-state index in [1.54, 1.807) is 0 Å². The number of carbonyl (C=O) groups excluding carboxylic acids is 1. The Labute approximate surface area is 107 Å². The van der Waals surface area contributed by atoms with Crippen molar-refractivity contribution in [2.45, 2.75) is 49.8 Å². The highest BCUT2D eigenvalue weighted by molar-refractivity contribution is 9.10. The van der Waals surface area contributed by atoms with Gasteiger partial charge in [-0.25, -0.2) is 0 Å². The predicted octanol–water partition coefficient (Wildman–Crippen LogP) is 3.00. The number of hydrogen-bond donors (Lipinski definition) is 0. The summed E-state index contributed by atoms with van der Waals surface area (Å²) in [6.45, 7) is 3.31. The van der Waals surface area contributed by atoms with Crippen LogP contribution in [-0.4, -0.2) is 35.1 Å². The number of carbonyl (C=O) groups is 1. The second kappa shape index (κ2) is 6.15. The first-order chi connectivity index (χ1) is 7.75. The van der Waals surface area contributed by atoms with Crippen LogP contribution in [0.2, 0.25) is 0 Å². The lowest BCUT2D eigenvalue weighted by Gasteiger charge is -2.28. The molecule has 1 aliphatic carbocycles. The smallest absolute Gasteiger partial charge is 0.147 e. The molecular weight excluding hydrogens is 266 g/mol. The average Bonchev–Trinajstić information content (AvgIpc) is 2.46. The van der Waals surface area contributed by atoms with Gasteiger partial charge in [0.1, 0.15) is 5.78 Å². The van der Waals surface area contributed by atoms with E-state index in [1.807, 2.05) is 0 Å². The fraction of sp³-hybridized carbons (Fsp3) is 0.923. The molecule has 1 saturated carbocycles. The molecule has 1 atom stereocenters. The fourth-order valence-corrected chi connectivity index (χ4v) is 3.34. The number of alkyl halides is 1. The summed E-state index contributed by atoms with van der Waals surface area (Å²) >= 11 is 3.48. The summed E-state index contributed by atoms with van der Waals surface area (Å²) in [6, 6.07) is 0. The van der Waals surface area contributed by atoms with Crippen LogP contribution < -0.4 is 0 Å². The van der Waals surface area contributed by atoms with Crippen molar-refractivity contribution in [2.75, 3.05) is 19.6 Å². The van der Waals surface area contributed by atoms with Crippen molar-refractivity contribution in [2.24, 2.45) is 5.92 Å². The molecule has 1 heterocycles. The van der Waals surface area contributed by atoms with Gasteiger partial charge in [0.2, 0.25) is 0 Å². The number of rotatable bonds is 2. The maximum atomic E-state index is 11.6. The minimum Gasteiger partial charge on any atom is -0.303 e. The van der Waals surface area contributed by atoms with Gasteiger partial charge in [-0.2, -0.15) is 0 Å². The van der Waals surface area contributed by atoms with Gasteiger partial charge in [0.05, 0.1) is 4.83 Å². The van der Waals surface area contributed by atoms with E-state index in [0.717, 1.165) is 31.8 Å². The minimum atomic E-state index is 0.115. The molecule has 1 aliphatic heterocycles. The third kappa shape index (κ3) is 3.56. The van der Waals surface area contributed by atoms with Crippen molar-refractivity contribution >= 4 is 21.7 Å². The Bertz CT molecular complexity index is 238. The lowest BCUT2D eigenvalue weighted by molar-refractivity contribution is -0.118. The molecule has 1 unspecified atom stereocenters. The molecule has 0 aromatic rings. The largest absolute Gasteiger partial charge is 0.303 e. The topological polar surface area (TPSA) is 20.3 Å². The van der Waals surface area contributed by atoms with E-state index in [9.17, 15) is 4.79 Å². The summed E-state index contributed by atoms with van der Waals surface area (Å²) in [7, 11) is 0. The highest BCUT2D eigenvalue weighted by Gasteiger charge is 2.23. The summed E-state index contributed by atoms with van der Waals surface area (Å²) in [5, 5.41) is 0. The van der Waals surface area contributed by atoms with Crippen molar-refractivity contribution < 1.29 is 4.79 Å². The van der Waals surface area contributed by atoms with Crippen molar-refractivity contribution in [1.29, 1.82) is 0 Å². The van der Waals surface area contributed by atoms with E-state index in [4.69, 9.17) is 0 Å². The molecule has 2 nitrogen and oxygen atoms in total. The molecule has 2 fully saturated rings. The van der Waals surface area contributed by atoms with Crippen LogP contribution in [0.5, 0.6) is 0 Å². The van der Waals surface area contributed by atoms with E-state index in [2.05, 4.69) is 20.8 Å². The van der Waals surface area contributed by atoms with Crippen LogP contribution in [0.3, 0.4) is 0 Å². The maximum Gasteiger partial charge on any atom is 0.147 e. The third-order valence-electron chi connectivity index (χ3n) is 3.96. The molecule has 0 aromatic heterocycles. The van der Waals surface area contributed by atoms with Gasteiger partial charge in [-0.3, -0.25) is 4.79 Å². The third-order valence-corrected chi connectivity index (χ3v) is 4.93. The molecule has 3 heteroatoms. The van der Waals surface area contributed by atoms with Crippen molar-refractivity contribution in [1.82, 2.24) is 4.90 Å². The molecule has 0 bridgehead atoms. The van der Waals surface area contributed by atoms with Gasteiger partial charge in [0, 0.05) is 19.5 Å². The molecule has 2 aliphatic rings. The zero-order chi connectivity index (χ0) is 11.4. The van der Waals surface area contributed by atoms with Crippen LogP contribution in [0.25, 0.3) is 0 Å². The Balaban J connectivity index is 1.78. The standard InChI is InChI=1S/C13H22BrNO/c14-12-6-8-15(9-7-13(12)16)10-11-4-2-1-3-5-11/h11-12H,1-10H2. The monoisotopic (exact) mass is 287 g/mol. The van der Waals surface area contributed by atoms with E-state index in [1.165, 1.54) is 38.6 Å². The van der Waals surface area contributed by atoms with Crippen LogP contribution >= 0.6 is 15.9 Å². The first-order valence-corrected chi connectivity index (χ1v) is 7.56. The molecule has 0 radical (unpaired) electrons. The number of halogens is 1. The summed E-state index contributed by atoms with van der Waals surface area (Å²) in [5.41, 5.74) is 0. The Morgan fingerprint density at radius 3 is 2.62 bits per heavy atom. The molecule has 16 heavy (non-hydrogen) atoms.